The van der Waals surface area contributed by atoms with Crippen LogP contribution in [0.5, 0.6) is 0 Å². The molecule has 0 heterocycles. The summed E-state index contributed by atoms with van der Waals surface area (Å²) in [6.07, 6.45) is 0.333. The number of nitrogens with two attached hydrogens (primary N) is 1. The zero-order valence-corrected chi connectivity index (χ0v) is 13.1. The monoisotopic (exact) mass is 369 g/mol. The number of primary amides is 1. The van der Waals surface area contributed by atoms with Crippen molar-refractivity contribution in [2.24, 2.45) is 5.73 Å². The van der Waals surface area contributed by atoms with E-state index in [0.717, 1.165) is 4.47 Å². The summed E-state index contributed by atoms with van der Waals surface area (Å²) in [4.78, 5) is 10.6. The minimum Gasteiger partial charge on any atom is -0.370 e. The van der Waals surface area contributed by atoms with Crippen molar-refractivity contribution in [3.8, 4) is 0 Å². The lowest BCUT2D eigenvalue weighted by Gasteiger charge is -2.09. The molecular weight excluding hydrogens is 358 g/mol. The van der Waals surface area contributed by atoms with E-state index in [0.29, 0.717) is 5.56 Å². The molecule has 0 spiro atoms. The molecule has 2 N–H and O–H groups in total. The van der Waals surface area contributed by atoms with Crippen molar-refractivity contribution >= 4 is 43.6 Å². The molecule has 5 nitrogen and oxygen atoms in total. The Hall–Kier alpha value is -0.630. The largest absolute Gasteiger partial charge is 0.370 e. The summed E-state index contributed by atoms with van der Waals surface area (Å²) in [6.45, 7) is -0.0942. The van der Waals surface area contributed by atoms with Crippen LogP contribution in [0.4, 0.5) is 0 Å². The maximum absolute atomic E-state index is 12.0. The first-order chi connectivity index (χ1) is 8.86. The molecule has 0 aromatic heterocycles. The standard InChI is InChI=1S/C11H13BrClNO4S/c12-9-3-4-10(8(6-9)7-13)19(16,17)18-5-1-2-11(14)15/h3-4,6H,1-2,5,7H2,(H2,14,15). The van der Waals surface area contributed by atoms with Gasteiger partial charge in [-0.15, -0.1) is 11.6 Å². The predicted octanol–water partition coefficient (Wildman–Crippen LogP) is 2.16. The fourth-order valence-corrected chi connectivity index (χ4v) is 3.23. The molecule has 1 rings (SSSR count). The van der Waals surface area contributed by atoms with Gasteiger partial charge < -0.3 is 5.73 Å². The van der Waals surface area contributed by atoms with E-state index in [2.05, 4.69) is 15.9 Å². The first kappa shape index (κ1) is 16.4. The van der Waals surface area contributed by atoms with Crippen LogP contribution in [0, 0.1) is 0 Å². The number of hydrogen-bond acceptors (Lipinski definition) is 4. The molecular formula is C11H13BrClNO4S. The molecule has 0 saturated carbocycles. The third kappa shape index (κ3) is 5.10. The van der Waals surface area contributed by atoms with Crippen LogP contribution in [0.2, 0.25) is 0 Å². The van der Waals surface area contributed by atoms with Gasteiger partial charge in [0.1, 0.15) is 0 Å². The first-order valence-electron chi connectivity index (χ1n) is 5.39. The van der Waals surface area contributed by atoms with E-state index < -0.39 is 16.0 Å². The van der Waals surface area contributed by atoms with Gasteiger partial charge in [-0.25, -0.2) is 0 Å². The van der Waals surface area contributed by atoms with Crippen molar-refractivity contribution in [3.05, 3.63) is 28.2 Å². The highest BCUT2D eigenvalue weighted by Crippen LogP contribution is 2.24. The number of halogens is 2. The van der Waals surface area contributed by atoms with E-state index in [1.165, 1.54) is 6.07 Å². The number of carbonyl (C=O) groups is 1. The maximum Gasteiger partial charge on any atom is 0.297 e. The Kier molecular flexibility index (Phi) is 6.25. The van der Waals surface area contributed by atoms with Gasteiger partial charge in [0.15, 0.2) is 0 Å². The highest BCUT2D eigenvalue weighted by molar-refractivity contribution is 9.10. The van der Waals surface area contributed by atoms with E-state index in [1.807, 2.05) is 0 Å². The van der Waals surface area contributed by atoms with Gasteiger partial charge >= 0.3 is 0 Å². The zero-order valence-electron chi connectivity index (χ0n) is 9.93. The van der Waals surface area contributed by atoms with Crippen LogP contribution in [0.1, 0.15) is 18.4 Å². The highest BCUT2D eigenvalue weighted by Gasteiger charge is 2.19. The topological polar surface area (TPSA) is 86.5 Å². The summed E-state index contributed by atoms with van der Waals surface area (Å²) in [5.41, 5.74) is 5.40. The average molecular weight is 371 g/mol. The summed E-state index contributed by atoms with van der Waals surface area (Å²) in [7, 11) is -3.88. The first-order valence-corrected chi connectivity index (χ1v) is 8.12. The van der Waals surface area contributed by atoms with E-state index >= 15 is 0 Å². The lowest BCUT2D eigenvalue weighted by atomic mass is 10.2. The van der Waals surface area contributed by atoms with Gasteiger partial charge in [-0.05, 0) is 30.2 Å². The van der Waals surface area contributed by atoms with E-state index in [4.69, 9.17) is 21.5 Å². The summed E-state index contributed by atoms with van der Waals surface area (Å²) < 4.78 is 29.5. The molecule has 0 fully saturated rings. The second-order valence-corrected chi connectivity index (χ2v) is 6.50. The quantitative estimate of drug-likeness (QED) is 0.453. The summed E-state index contributed by atoms with van der Waals surface area (Å²) in [6, 6.07) is 4.63. The molecule has 0 aliphatic rings. The van der Waals surface area contributed by atoms with E-state index in [9.17, 15) is 13.2 Å². The Balaban J connectivity index is 2.80. The van der Waals surface area contributed by atoms with Crippen molar-refractivity contribution in [3.63, 3.8) is 0 Å². The van der Waals surface area contributed by atoms with Crippen LogP contribution in [0.25, 0.3) is 0 Å². The van der Waals surface area contributed by atoms with Crippen LogP contribution >= 0.6 is 27.5 Å². The fraction of sp³-hybridized carbons (Fsp3) is 0.364. The molecule has 8 heteroatoms. The Morgan fingerprint density at radius 3 is 2.68 bits per heavy atom. The summed E-state index contributed by atoms with van der Waals surface area (Å²) in [5.74, 6) is -0.440. The number of carbonyl (C=O) groups excluding carboxylic acids is 1. The Labute approximate surface area is 125 Å². The molecule has 0 aliphatic heterocycles. The van der Waals surface area contributed by atoms with Gasteiger partial charge in [0.05, 0.1) is 11.5 Å². The average Bonchev–Trinajstić information content (AvgIpc) is 2.34. The molecule has 1 amide bonds. The SMILES string of the molecule is NC(=O)CCCOS(=O)(=O)c1ccc(Br)cc1CCl. The third-order valence-electron chi connectivity index (χ3n) is 2.24. The number of amides is 1. The van der Waals surface area contributed by atoms with Crippen LogP contribution in [-0.2, 0) is 25.0 Å². The van der Waals surface area contributed by atoms with Crippen LogP contribution < -0.4 is 5.73 Å². The van der Waals surface area contributed by atoms with Crippen molar-refractivity contribution in [2.75, 3.05) is 6.61 Å². The van der Waals surface area contributed by atoms with Crippen LogP contribution in [-0.4, -0.2) is 20.9 Å². The van der Waals surface area contributed by atoms with Gasteiger partial charge in [-0.1, -0.05) is 15.9 Å². The number of benzene rings is 1. The molecule has 19 heavy (non-hydrogen) atoms. The van der Waals surface area contributed by atoms with E-state index in [1.54, 1.807) is 12.1 Å². The van der Waals surface area contributed by atoms with Crippen molar-refractivity contribution in [1.82, 2.24) is 0 Å². The van der Waals surface area contributed by atoms with Gasteiger partial charge in [0.2, 0.25) is 5.91 Å². The third-order valence-corrected chi connectivity index (χ3v) is 4.44. The maximum atomic E-state index is 12.0. The lowest BCUT2D eigenvalue weighted by Crippen LogP contribution is -2.14. The Morgan fingerprint density at radius 1 is 1.42 bits per heavy atom. The zero-order chi connectivity index (χ0) is 14.5. The molecule has 0 atom stereocenters. The van der Waals surface area contributed by atoms with Crippen LogP contribution in [0.15, 0.2) is 27.6 Å². The molecule has 1 aromatic rings. The van der Waals surface area contributed by atoms with Gasteiger partial charge in [0, 0.05) is 16.8 Å². The molecule has 0 bridgehead atoms. The van der Waals surface area contributed by atoms with E-state index in [-0.39, 0.29) is 30.2 Å². The van der Waals surface area contributed by atoms with Crippen molar-refractivity contribution < 1.29 is 17.4 Å². The lowest BCUT2D eigenvalue weighted by molar-refractivity contribution is -0.118. The van der Waals surface area contributed by atoms with Gasteiger partial charge in [0.25, 0.3) is 10.1 Å². The molecule has 0 saturated heterocycles. The molecule has 0 unspecified atom stereocenters. The smallest absolute Gasteiger partial charge is 0.297 e. The normalized spacial score (nSPS) is 11.5. The minimum absolute atomic E-state index is 0.0322. The Bertz CT molecular complexity index is 562. The van der Waals surface area contributed by atoms with Crippen molar-refractivity contribution in [1.29, 1.82) is 0 Å². The number of rotatable bonds is 7. The number of alkyl halides is 1. The Morgan fingerprint density at radius 2 is 2.11 bits per heavy atom. The second-order valence-electron chi connectivity index (χ2n) is 3.73. The fourth-order valence-electron chi connectivity index (χ4n) is 1.37. The summed E-state index contributed by atoms with van der Waals surface area (Å²) in [5, 5.41) is 0. The second kappa shape index (κ2) is 7.23. The van der Waals surface area contributed by atoms with Crippen LogP contribution in [0.3, 0.4) is 0 Å². The molecule has 0 aliphatic carbocycles. The number of hydrogen-bond donors (Lipinski definition) is 1. The highest BCUT2D eigenvalue weighted by atomic mass is 79.9. The van der Waals surface area contributed by atoms with Crippen molar-refractivity contribution in [2.45, 2.75) is 23.6 Å². The molecule has 1 aromatic carbocycles. The minimum atomic E-state index is -3.88. The van der Waals surface area contributed by atoms with Gasteiger partial charge in [-0.2, -0.15) is 8.42 Å². The summed E-state index contributed by atoms with van der Waals surface area (Å²) >= 11 is 8.95. The molecule has 106 valence electrons. The molecule has 0 radical (unpaired) electrons. The predicted molar refractivity (Wildman–Crippen MR) is 75.3 cm³/mol. The van der Waals surface area contributed by atoms with Gasteiger partial charge in [-0.3, -0.25) is 8.98 Å².